The molecule has 2 aliphatic carbocycles. The van der Waals surface area contributed by atoms with Crippen molar-refractivity contribution in [3.8, 4) is 5.75 Å². The Kier molecular flexibility index (Phi) is 3.41. The maximum absolute atomic E-state index is 11.1. The van der Waals surface area contributed by atoms with Gasteiger partial charge in [-0.1, -0.05) is 18.0 Å². The molecule has 4 heteroatoms. The highest BCUT2D eigenvalue weighted by molar-refractivity contribution is 6.32. The van der Waals surface area contributed by atoms with Crippen LogP contribution in [-0.2, 0) is 23.1 Å². The molecule has 20 heavy (non-hydrogen) atoms. The quantitative estimate of drug-likeness (QED) is 0.833. The van der Waals surface area contributed by atoms with Gasteiger partial charge in [-0.25, -0.2) is 0 Å². The standard InChI is InChI=1S/C16H19ClO3/c17-12-8-10-4-2-1-3-5-11(10)14(15(12)20)16(6-7-16)9-13(18)19/h8,20H,1-7,9H2,(H,18,19). The number of phenolic OH excluding ortho intramolecular Hbond substituents is 1. The molecule has 1 aromatic carbocycles. The van der Waals surface area contributed by atoms with E-state index in [1.54, 1.807) is 0 Å². The van der Waals surface area contributed by atoms with Gasteiger partial charge in [-0.15, -0.1) is 0 Å². The molecule has 1 fully saturated rings. The number of carbonyl (C=O) groups is 1. The first-order valence-electron chi connectivity index (χ1n) is 7.29. The highest BCUT2D eigenvalue weighted by Crippen LogP contribution is 2.57. The average molecular weight is 295 g/mol. The van der Waals surface area contributed by atoms with Gasteiger partial charge < -0.3 is 10.2 Å². The molecule has 0 unspecified atom stereocenters. The van der Waals surface area contributed by atoms with Crippen molar-refractivity contribution in [1.82, 2.24) is 0 Å². The van der Waals surface area contributed by atoms with Crippen molar-refractivity contribution in [3.63, 3.8) is 0 Å². The summed E-state index contributed by atoms with van der Waals surface area (Å²) in [6, 6.07) is 1.87. The Balaban J connectivity index is 2.14. The zero-order chi connectivity index (χ0) is 14.3. The first-order chi connectivity index (χ1) is 9.53. The van der Waals surface area contributed by atoms with E-state index in [1.165, 1.54) is 17.5 Å². The number of aromatic hydroxyl groups is 1. The van der Waals surface area contributed by atoms with Crippen molar-refractivity contribution in [2.45, 2.75) is 56.8 Å². The summed E-state index contributed by atoms with van der Waals surface area (Å²) in [7, 11) is 0. The number of fused-ring (bicyclic) bond motifs is 1. The summed E-state index contributed by atoms with van der Waals surface area (Å²) in [6.07, 6.45) is 7.08. The molecule has 108 valence electrons. The van der Waals surface area contributed by atoms with E-state index < -0.39 is 5.97 Å². The fourth-order valence-corrected chi connectivity index (χ4v) is 3.79. The molecule has 0 radical (unpaired) electrons. The van der Waals surface area contributed by atoms with Gasteiger partial charge in [0.25, 0.3) is 0 Å². The molecule has 0 aliphatic heterocycles. The Morgan fingerprint density at radius 2 is 1.95 bits per heavy atom. The minimum Gasteiger partial charge on any atom is -0.506 e. The molecule has 0 saturated heterocycles. The number of aliphatic carboxylic acids is 1. The minimum absolute atomic E-state index is 0.0906. The van der Waals surface area contributed by atoms with E-state index in [0.29, 0.717) is 5.02 Å². The second kappa shape index (κ2) is 4.96. The topological polar surface area (TPSA) is 57.5 Å². The van der Waals surface area contributed by atoms with Gasteiger partial charge in [-0.3, -0.25) is 4.79 Å². The van der Waals surface area contributed by atoms with Gasteiger partial charge in [0.05, 0.1) is 11.4 Å². The summed E-state index contributed by atoms with van der Waals surface area (Å²) in [5.41, 5.74) is 2.83. The van der Waals surface area contributed by atoms with Crippen LogP contribution in [0.4, 0.5) is 0 Å². The fraction of sp³-hybridized carbons (Fsp3) is 0.562. The van der Waals surface area contributed by atoms with Gasteiger partial charge >= 0.3 is 5.97 Å². The molecule has 2 N–H and O–H groups in total. The number of benzene rings is 1. The van der Waals surface area contributed by atoms with E-state index in [-0.39, 0.29) is 17.6 Å². The predicted octanol–water partition coefficient (Wildman–Crippen LogP) is 3.82. The molecule has 0 atom stereocenters. The van der Waals surface area contributed by atoms with Crippen molar-refractivity contribution < 1.29 is 15.0 Å². The number of hydrogen-bond acceptors (Lipinski definition) is 2. The zero-order valence-electron chi connectivity index (χ0n) is 11.4. The lowest BCUT2D eigenvalue weighted by molar-refractivity contribution is -0.137. The van der Waals surface area contributed by atoms with Gasteiger partial charge in [-0.2, -0.15) is 0 Å². The Morgan fingerprint density at radius 1 is 1.25 bits per heavy atom. The molecule has 0 amide bonds. The maximum atomic E-state index is 11.1. The van der Waals surface area contributed by atoms with Crippen LogP contribution in [0, 0.1) is 0 Å². The van der Waals surface area contributed by atoms with Crippen molar-refractivity contribution in [2.75, 3.05) is 0 Å². The predicted molar refractivity (Wildman–Crippen MR) is 77.5 cm³/mol. The molecular weight excluding hydrogens is 276 g/mol. The van der Waals surface area contributed by atoms with Crippen LogP contribution in [-0.4, -0.2) is 16.2 Å². The maximum Gasteiger partial charge on any atom is 0.304 e. The SMILES string of the molecule is O=C(O)CC1(c2c(O)c(Cl)cc3c2CCCCC3)CC1. The monoisotopic (exact) mass is 294 g/mol. The number of phenols is 1. The van der Waals surface area contributed by atoms with Gasteiger partial charge in [-0.05, 0) is 55.7 Å². The summed E-state index contributed by atoms with van der Waals surface area (Å²) < 4.78 is 0. The van der Waals surface area contributed by atoms with Crippen LogP contribution in [0.3, 0.4) is 0 Å². The third-order valence-electron chi connectivity index (χ3n) is 4.70. The van der Waals surface area contributed by atoms with E-state index >= 15 is 0 Å². The van der Waals surface area contributed by atoms with Crippen LogP contribution in [0.1, 0.15) is 55.2 Å². The van der Waals surface area contributed by atoms with Crippen LogP contribution >= 0.6 is 11.6 Å². The summed E-state index contributed by atoms with van der Waals surface area (Å²) in [4.78, 5) is 11.1. The van der Waals surface area contributed by atoms with Gasteiger partial charge in [0.1, 0.15) is 5.75 Å². The zero-order valence-corrected chi connectivity index (χ0v) is 12.2. The minimum atomic E-state index is -0.802. The van der Waals surface area contributed by atoms with Crippen molar-refractivity contribution in [3.05, 3.63) is 27.8 Å². The fourth-order valence-electron chi connectivity index (χ4n) is 3.56. The lowest BCUT2D eigenvalue weighted by Crippen LogP contribution is -2.16. The number of aryl methyl sites for hydroxylation is 1. The number of carboxylic acid groups (broad SMARTS) is 1. The highest BCUT2D eigenvalue weighted by atomic mass is 35.5. The normalized spacial score (nSPS) is 20.1. The molecule has 3 nitrogen and oxygen atoms in total. The summed E-state index contributed by atoms with van der Waals surface area (Å²) in [5, 5.41) is 19.9. The van der Waals surface area contributed by atoms with Crippen LogP contribution < -0.4 is 0 Å². The lowest BCUT2D eigenvalue weighted by atomic mass is 9.84. The van der Waals surface area contributed by atoms with E-state index in [0.717, 1.165) is 44.1 Å². The highest BCUT2D eigenvalue weighted by Gasteiger charge is 2.49. The summed E-state index contributed by atoms with van der Waals surface area (Å²) in [5.74, 6) is -0.685. The second-order valence-electron chi connectivity index (χ2n) is 6.13. The molecule has 3 rings (SSSR count). The van der Waals surface area contributed by atoms with Gasteiger partial charge in [0.15, 0.2) is 0 Å². The summed E-state index contributed by atoms with van der Waals surface area (Å²) >= 11 is 6.18. The molecular formula is C16H19ClO3. The molecule has 2 aliphatic rings. The average Bonchev–Trinajstić information content (AvgIpc) is 3.15. The largest absolute Gasteiger partial charge is 0.506 e. The van der Waals surface area contributed by atoms with Crippen LogP contribution in [0.5, 0.6) is 5.75 Å². The second-order valence-corrected chi connectivity index (χ2v) is 6.54. The van der Waals surface area contributed by atoms with E-state index in [2.05, 4.69) is 0 Å². The Hall–Kier alpha value is -1.22. The van der Waals surface area contributed by atoms with Crippen molar-refractivity contribution in [2.24, 2.45) is 0 Å². The first-order valence-corrected chi connectivity index (χ1v) is 7.67. The van der Waals surface area contributed by atoms with Gasteiger partial charge in [0, 0.05) is 11.0 Å². The number of halogens is 1. The van der Waals surface area contributed by atoms with Crippen molar-refractivity contribution in [1.29, 1.82) is 0 Å². The molecule has 1 aromatic rings. The third-order valence-corrected chi connectivity index (χ3v) is 4.99. The number of rotatable bonds is 3. The third kappa shape index (κ3) is 2.28. The van der Waals surface area contributed by atoms with E-state index in [9.17, 15) is 9.90 Å². The van der Waals surface area contributed by atoms with Crippen LogP contribution in [0.2, 0.25) is 5.02 Å². The molecule has 1 saturated carbocycles. The van der Waals surface area contributed by atoms with E-state index in [4.69, 9.17) is 16.7 Å². The molecule has 0 bridgehead atoms. The summed E-state index contributed by atoms with van der Waals surface area (Å²) in [6.45, 7) is 0. The van der Waals surface area contributed by atoms with Crippen LogP contribution in [0.25, 0.3) is 0 Å². The Labute approximate surface area is 123 Å². The molecule has 0 spiro atoms. The Bertz CT molecular complexity index is 561. The lowest BCUT2D eigenvalue weighted by Gasteiger charge is -2.22. The van der Waals surface area contributed by atoms with Crippen molar-refractivity contribution >= 4 is 17.6 Å². The first kappa shape index (κ1) is 13.7. The van der Waals surface area contributed by atoms with Crippen LogP contribution in [0.15, 0.2) is 6.07 Å². The Morgan fingerprint density at radius 3 is 2.60 bits per heavy atom. The molecule has 0 heterocycles. The van der Waals surface area contributed by atoms with Gasteiger partial charge in [0.2, 0.25) is 0 Å². The number of carboxylic acids is 1. The van der Waals surface area contributed by atoms with E-state index in [1.807, 2.05) is 6.07 Å². The molecule has 0 aromatic heterocycles. The number of hydrogen-bond donors (Lipinski definition) is 2. The smallest absolute Gasteiger partial charge is 0.304 e.